The van der Waals surface area contributed by atoms with Crippen molar-refractivity contribution < 1.29 is 47.3 Å². The lowest BCUT2D eigenvalue weighted by Crippen LogP contribution is -2.33. The Labute approximate surface area is 230 Å². The van der Waals surface area contributed by atoms with Crippen LogP contribution in [0.3, 0.4) is 0 Å². The second-order valence-corrected chi connectivity index (χ2v) is 10.8. The smallest absolute Gasteiger partial charge is 0.481 e. The number of nitrogens with zero attached hydrogens (tertiary/aromatic N) is 1. The van der Waals surface area contributed by atoms with Gasteiger partial charge < -0.3 is 14.6 Å². The Hall–Kier alpha value is -4.08. The van der Waals surface area contributed by atoms with Gasteiger partial charge in [0, 0.05) is 28.7 Å². The molecule has 1 atom stereocenters. The first-order valence-electron chi connectivity index (χ1n) is 12.7. The number of alkyl halides is 3. The number of carboxylic acids is 1. The van der Waals surface area contributed by atoms with Crippen molar-refractivity contribution in [2.45, 2.75) is 65.8 Å². The zero-order valence-electron chi connectivity index (χ0n) is 22.8. The van der Waals surface area contributed by atoms with E-state index in [1.54, 1.807) is 37.3 Å². The first-order chi connectivity index (χ1) is 18.6. The van der Waals surface area contributed by atoms with Crippen LogP contribution in [0.1, 0.15) is 74.0 Å². The average molecular weight is 561 g/mol. The molecule has 0 radical (unpaired) electrons. The quantitative estimate of drug-likeness (QED) is 0.148. The molecular weight excluding hydrogens is 527 g/mol. The third-order valence-electron chi connectivity index (χ3n) is 6.05. The molecule has 0 aliphatic rings. The number of ketones is 1. The van der Waals surface area contributed by atoms with Crippen molar-refractivity contribution in [1.29, 1.82) is 0 Å². The molecule has 2 aromatic carbocycles. The highest BCUT2D eigenvalue weighted by molar-refractivity contribution is 5.96. The summed E-state index contributed by atoms with van der Waals surface area (Å²) < 4.78 is 48.5. The third-order valence-corrected chi connectivity index (χ3v) is 6.05. The van der Waals surface area contributed by atoms with Gasteiger partial charge in [-0.2, -0.15) is 0 Å². The second-order valence-electron chi connectivity index (χ2n) is 10.8. The number of ether oxygens (including phenoxy) is 2. The number of hydrogen-bond donors (Lipinski definition) is 2. The minimum Gasteiger partial charge on any atom is -0.481 e. The minimum atomic E-state index is -4.80. The number of aliphatic carboxylic acids is 1. The molecule has 0 aliphatic carbocycles. The summed E-state index contributed by atoms with van der Waals surface area (Å²) in [7, 11) is 0. The highest BCUT2D eigenvalue weighted by Gasteiger charge is 2.31. The maximum Gasteiger partial charge on any atom is 0.573 e. The number of carbonyl (C=O) groups excluding carboxylic acids is 1. The molecule has 0 saturated heterocycles. The Bertz CT molecular complexity index is 1310. The fraction of sp³-hybridized carbons (Fsp3) is 0.367. The van der Waals surface area contributed by atoms with E-state index in [1.165, 1.54) is 30.5 Å². The number of pyridine rings is 1. The number of rotatable bonds is 11. The average Bonchev–Trinajstić information content (AvgIpc) is 2.82. The van der Waals surface area contributed by atoms with Crippen molar-refractivity contribution in [2.24, 2.45) is 5.41 Å². The summed E-state index contributed by atoms with van der Waals surface area (Å²) in [6, 6.07) is 13.9. The van der Waals surface area contributed by atoms with Crippen molar-refractivity contribution in [3.63, 3.8) is 0 Å². The summed E-state index contributed by atoms with van der Waals surface area (Å²) in [4.78, 5) is 23.1. The Balaban J connectivity index is 1.82. The van der Waals surface area contributed by atoms with Crippen LogP contribution in [0.2, 0.25) is 0 Å². The molecule has 1 aromatic heterocycles. The molecule has 7 nitrogen and oxygen atoms in total. The maximum absolute atomic E-state index is 12.5. The van der Waals surface area contributed by atoms with Gasteiger partial charge in [0.05, 0.1) is 5.56 Å². The first-order valence-corrected chi connectivity index (χ1v) is 12.7. The minimum absolute atomic E-state index is 0.0633. The van der Waals surface area contributed by atoms with E-state index in [9.17, 15) is 28.0 Å². The van der Waals surface area contributed by atoms with Crippen molar-refractivity contribution in [1.82, 2.24) is 0 Å². The zero-order chi connectivity index (χ0) is 29.7. The van der Waals surface area contributed by atoms with Gasteiger partial charge in [-0.05, 0) is 61.1 Å². The SMILES string of the molecule is Cc1cc(OC(CC(C)(C)C)c2ccc(C(=O)CCCC(=O)O)cc2)c[n+](O)c1-c1ccc(OC(F)(F)F)cc1. The number of carboxylic acid groups (broad SMARTS) is 1. The summed E-state index contributed by atoms with van der Waals surface area (Å²) in [6.07, 6.45) is -2.85. The van der Waals surface area contributed by atoms with E-state index in [2.05, 4.69) is 25.5 Å². The molecule has 0 amide bonds. The Morgan fingerprint density at radius 2 is 1.57 bits per heavy atom. The number of hydrogen-bond acceptors (Lipinski definition) is 5. The van der Waals surface area contributed by atoms with Crippen molar-refractivity contribution >= 4 is 11.8 Å². The van der Waals surface area contributed by atoms with Gasteiger partial charge >= 0.3 is 12.3 Å². The Morgan fingerprint density at radius 1 is 0.950 bits per heavy atom. The largest absolute Gasteiger partial charge is 0.573 e. The third kappa shape index (κ3) is 9.00. The van der Waals surface area contributed by atoms with Gasteiger partial charge in [0.1, 0.15) is 11.9 Å². The molecule has 10 heteroatoms. The normalized spacial score (nSPS) is 12.6. The number of halogens is 3. The van der Waals surface area contributed by atoms with Gasteiger partial charge in [0.2, 0.25) is 0 Å². The molecule has 0 spiro atoms. The van der Waals surface area contributed by atoms with Crippen LogP contribution in [0.5, 0.6) is 11.5 Å². The van der Waals surface area contributed by atoms with Gasteiger partial charge in [-0.25, -0.2) is 0 Å². The Kier molecular flexibility index (Phi) is 9.44. The van der Waals surface area contributed by atoms with Gasteiger partial charge in [-0.1, -0.05) is 45.0 Å². The molecule has 214 valence electrons. The van der Waals surface area contributed by atoms with Gasteiger partial charge in [0.25, 0.3) is 11.9 Å². The number of Topliss-reactive ketones (excluding diaryl/α,β-unsaturated/α-hetero) is 1. The van der Waals surface area contributed by atoms with Crippen molar-refractivity contribution in [2.75, 3.05) is 0 Å². The lowest BCUT2D eigenvalue weighted by atomic mass is 9.86. The summed E-state index contributed by atoms with van der Waals surface area (Å²) in [6.45, 7) is 7.95. The van der Waals surface area contributed by atoms with Gasteiger partial charge in [-0.15, -0.1) is 13.2 Å². The maximum atomic E-state index is 12.5. The van der Waals surface area contributed by atoms with E-state index in [1.807, 2.05) is 0 Å². The lowest BCUT2D eigenvalue weighted by molar-refractivity contribution is -0.896. The number of aryl methyl sites for hydroxylation is 1. The Morgan fingerprint density at radius 3 is 2.10 bits per heavy atom. The van der Waals surface area contributed by atoms with E-state index in [4.69, 9.17) is 9.84 Å². The van der Waals surface area contributed by atoms with Crippen LogP contribution in [-0.2, 0) is 4.79 Å². The fourth-order valence-corrected chi connectivity index (χ4v) is 4.30. The molecule has 3 aromatic rings. The van der Waals surface area contributed by atoms with Crippen LogP contribution in [0.15, 0.2) is 60.8 Å². The van der Waals surface area contributed by atoms with Crippen molar-refractivity contribution in [3.05, 3.63) is 77.5 Å². The lowest BCUT2D eigenvalue weighted by Gasteiger charge is -2.27. The summed E-state index contributed by atoms with van der Waals surface area (Å²) in [5.41, 5.74) is 2.67. The molecule has 0 bridgehead atoms. The predicted octanol–water partition coefficient (Wildman–Crippen LogP) is 7.08. The second kappa shape index (κ2) is 12.4. The van der Waals surface area contributed by atoms with E-state index in [0.717, 1.165) is 10.3 Å². The molecule has 0 saturated carbocycles. The molecule has 2 N–H and O–H groups in total. The summed E-state index contributed by atoms with van der Waals surface area (Å²) in [5.74, 6) is -1.06. The van der Waals surface area contributed by atoms with Gasteiger partial charge in [0.15, 0.2) is 11.5 Å². The monoisotopic (exact) mass is 560 g/mol. The van der Waals surface area contributed by atoms with Crippen LogP contribution in [-0.4, -0.2) is 28.4 Å². The summed E-state index contributed by atoms with van der Waals surface area (Å²) >= 11 is 0. The van der Waals surface area contributed by atoms with Crippen molar-refractivity contribution in [3.8, 4) is 22.8 Å². The predicted molar refractivity (Wildman–Crippen MR) is 140 cm³/mol. The number of carbonyl (C=O) groups is 2. The van der Waals surface area contributed by atoms with Crippen LogP contribution >= 0.6 is 0 Å². The number of aromatic nitrogens is 1. The van der Waals surface area contributed by atoms with Crippen LogP contribution < -0.4 is 14.2 Å². The van der Waals surface area contributed by atoms with Crippen LogP contribution in [0.4, 0.5) is 13.2 Å². The van der Waals surface area contributed by atoms with E-state index < -0.39 is 18.4 Å². The summed E-state index contributed by atoms with van der Waals surface area (Å²) in [5, 5.41) is 19.5. The van der Waals surface area contributed by atoms with Crippen LogP contribution in [0.25, 0.3) is 11.3 Å². The van der Waals surface area contributed by atoms with E-state index in [-0.39, 0.29) is 36.2 Å². The molecule has 0 fully saturated rings. The zero-order valence-corrected chi connectivity index (χ0v) is 22.8. The van der Waals surface area contributed by atoms with Crippen LogP contribution in [0, 0.1) is 12.3 Å². The fourth-order valence-electron chi connectivity index (χ4n) is 4.30. The van der Waals surface area contributed by atoms with Gasteiger partial charge in [-0.3, -0.25) is 14.8 Å². The highest BCUT2D eigenvalue weighted by atomic mass is 19.4. The molecule has 0 aliphatic heterocycles. The van der Waals surface area contributed by atoms with E-state index in [0.29, 0.717) is 34.6 Å². The number of benzene rings is 2. The van der Waals surface area contributed by atoms with E-state index >= 15 is 0 Å². The highest BCUT2D eigenvalue weighted by Crippen LogP contribution is 2.35. The molecular formula is C30H33F3NO6+. The molecule has 1 unspecified atom stereocenters. The molecule has 40 heavy (non-hydrogen) atoms. The standard InChI is InChI=1S/C30H32F3NO6/c1-19-16-24(18-34(38)28(19)22-12-14-23(15-13-22)40-30(31,32)33)39-26(17-29(2,3)4)21-10-8-20(9-11-21)25(35)6-5-7-27(36)37/h8-16,18,26H,5-7,17H2,1-4H3,(H-,36,37,38)/p+1. The first kappa shape index (κ1) is 30.5. The topological polar surface area (TPSA) is 96.9 Å². The molecule has 3 rings (SSSR count). The molecule has 1 heterocycles.